The van der Waals surface area contributed by atoms with E-state index in [-0.39, 0.29) is 0 Å². The van der Waals surface area contributed by atoms with Gasteiger partial charge in [0.15, 0.2) is 16.6 Å². The van der Waals surface area contributed by atoms with Crippen molar-refractivity contribution in [2.45, 2.75) is 13.5 Å². The number of fused-ring (bicyclic) bond motifs is 1. The molecule has 4 rings (SSSR count). The van der Waals surface area contributed by atoms with E-state index in [1.165, 1.54) is 5.56 Å². The van der Waals surface area contributed by atoms with Gasteiger partial charge >= 0.3 is 0 Å². The number of quaternary nitrogens is 1. The van der Waals surface area contributed by atoms with Gasteiger partial charge < -0.3 is 24.6 Å². The van der Waals surface area contributed by atoms with Gasteiger partial charge in [0.2, 0.25) is 6.79 Å². The fourth-order valence-electron chi connectivity index (χ4n) is 3.48. The lowest BCUT2D eigenvalue weighted by Gasteiger charge is -2.34. The van der Waals surface area contributed by atoms with Gasteiger partial charge in [-0.3, -0.25) is 0 Å². The van der Waals surface area contributed by atoms with Crippen molar-refractivity contribution in [1.82, 2.24) is 4.90 Å². The largest absolute Gasteiger partial charge is 0.454 e. The lowest BCUT2D eigenvalue weighted by molar-refractivity contribution is -0.917. The Bertz CT molecular complexity index is 853. The van der Waals surface area contributed by atoms with E-state index in [1.807, 2.05) is 31.2 Å². The zero-order valence-corrected chi connectivity index (χ0v) is 16.8. The fraction of sp³-hybridized carbons (Fsp3) is 0.350. The van der Waals surface area contributed by atoms with Gasteiger partial charge in [-0.05, 0) is 55.0 Å². The number of rotatable bonds is 3. The first kappa shape index (κ1) is 18.3. The van der Waals surface area contributed by atoms with Gasteiger partial charge in [-0.15, -0.1) is 0 Å². The van der Waals surface area contributed by atoms with Crippen LogP contribution in [0, 0.1) is 6.92 Å². The third kappa shape index (κ3) is 4.13. The molecule has 2 aromatic carbocycles. The predicted molar refractivity (Wildman–Crippen MR) is 111 cm³/mol. The number of benzene rings is 2. The number of hydrogen-bond acceptors (Lipinski definition) is 3. The minimum absolute atomic E-state index is 0.320. The number of nitrogens with one attached hydrogen (secondary N) is 2. The molecule has 0 radical (unpaired) electrons. The van der Waals surface area contributed by atoms with E-state index in [0.717, 1.165) is 65.6 Å². The molecule has 0 bridgehead atoms. The molecule has 1 saturated heterocycles. The molecule has 0 aromatic heterocycles. The minimum Gasteiger partial charge on any atom is -0.454 e. The second kappa shape index (κ2) is 7.92. The van der Waals surface area contributed by atoms with Crippen LogP contribution in [-0.2, 0) is 6.54 Å². The monoisotopic (exact) mass is 404 g/mol. The molecule has 0 unspecified atom stereocenters. The van der Waals surface area contributed by atoms with Gasteiger partial charge in [-0.25, -0.2) is 0 Å². The average molecular weight is 405 g/mol. The van der Waals surface area contributed by atoms with Crippen molar-refractivity contribution < 1.29 is 14.4 Å². The first-order chi connectivity index (χ1) is 13.1. The van der Waals surface area contributed by atoms with E-state index in [1.54, 1.807) is 4.90 Å². The number of halogens is 1. The maximum absolute atomic E-state index is 6.20. The van der Waals surface area contributed by atoms with Crippen LogP contribution in [-0.4, -0.2) is 43.0 Å². The second-order valence-corrected chi connectivity index (χ2v) is 7.74. The number of hydrogen-bond donors (Lipinski definition) is 2. The lowest BCUT2D eigenvalue weighted by atomic mass is 10.1. The van der Waals surface area contributed by atoms with Gasteiger partial charge in [-0.2, -0.15) is 0 Å². The summed E-state index contributed by atoms with van der Waals surface area (Å²) < 4.78 is 10.9. The summed E-state index contributed by atoms with van der Waals surface area (Å²) in [5.41, 5.74) is 3.27. The number of anilines is 1. The van der Waals surface area contributed by atoms with E-state index in [4.69, 9.17) is 33.3 Å². The highest BCUT2D eigenvalue weighted by Gasteiger charge is 2.23. The number of thiocarbonyl (C=S) groups is 1. The normalized spacial score (nSPS) is 16.4. The zero-order chi connectivity index (χ0) is 18.8. The van der Waals surface area contributed by atoms with Gasteiger partial charge in [0.25, 0.3) is 0 Å². The van der Waals surface area contributed by atoms with Crippen molar-refractivity contribution in [3.8, 4) is 11.5 Å². The van der Waals surface area contributed by atoms with Gasteiger partial charge in [0, 0.05) is 16.3 Å². The Hall–Kier alpha value is -2.02. The van der Waals surface area contributed by atoms with Crippen molar-refractivity contribution in [2.24, 2.45) is 0 Å². The molecular formula is C20H23ClN3O2S+. The molecule has 2 aliphatic heterocycles. The Morgan fingerprint density at radius 1 is 1.19 bits per heavy atom. The summed E-state index contributed by atoms with van der Waals surface area (Å²) in [6, 6.07) is 12.1. The highest BCUT2D eigenvalue weighted by molar-refractivity contribution is 7.80. The Kier molecular flexibility index (Phi) is 5.38. The molecule has 2 N–H and O–H groups in total. The van der Waals surface area contributed by atoms with Crippen LogP contribution in [0.1, 0.15) is 11.1 Å². The van der Waals surface area contributed by atoms with Crippen LogP contribution in [0.5, 0.6) is 11.5 Å². The Labute approximate surface area is 169 Å². The average Bonchev–Trinajstić information content (AvgIpc) is 3.14. The van der Waals surface area contributed by atoms with Crippen LogP contribution >= 0.6 is 23.8 Å². The zero-order valence-electron chi connectivity index (χ0n) is 15.3. The van der Waals surface area contributed by atoms with Crippen LogP contribution in [0.25, 0.3) is 0 Å². The van der Waals surface area contributed by atoms with Crippen LogP contribution in [0.4, 0.5) is 5.69 Å². The van der Waals surface area contributed by atoms with Crippen molar-refractivity contribution in [3.63, 3.8) is 0 Å². The summed E-state index contributed by atoms with van der Waals surface area (Å²) in [7, 11) is 0. The summed E-state index contributed by atoms with van der Waals surface area (Å²) in [5, 5.41) is 4.86. The highest BCUT2D eigenvalue weighted by Crippen LogP contribution is 2.32. The molecule has 7 heteroatoms. The summed E-state index contributed by atoms with van der Waals surface area (Å²) in [6.45, 7) is 7.27. The summed E-state index contributed by atoms with van der Waals surface area (Å²) in [5.74, 6) is 1.69. The molecular weight excluding hydrogens is 382 g/mol. The highest BCUT2D eigenvalue weighted by atomic mass is 35.5. The topological polar surface area (TPSA) is 38.2 Å². The van der Waals surface area contributed by atoms with E-state index in [0.29, 0.717) is 6.79 Å². The molecule has 0 atom stereocenters. The Balaban J connectivity index is 1.31. The summed E-state index contributed by atoms with van der Waals surface area (Å²) in [4.78, 5) is 3.78. The van der Waals surface area contributed by atoms with Crippen LogP contribution < -0.4 is 19.7 Å². The first-order valence-electron chi connectivity index (χ1n) is 9.13. The minimum atomic E-state index is 0.320. The lowest BCUT2D eigenvalue weighted by Crippen LogP contribution is -3.13. The van der Waals surface area contributed by atoms with E-state index in [9.17, 15) is 0 Å². The summed E-state index contributed by atoms with van der Waals surface area (Å²) in [6.07, 6.45) is 0. The second-order valence-electron chi connectivity index (χ2n) is 6.94. The fourth-order valence-corrected chi connectivity index (χ4v) is 3.95. The first-order valence-corrected chi connectivity index (χ1v) is 9.92. The predicted octanol–water partition coefficient (Wildman–Crippen LogP) is 2.47. The van der Waals surface area contributed by atoms with Crippen LogP contribution in [0.2, 0.25) is 5.02 Å². The standard InChI is InChI=1S/C20H22ClN3O2S/c1-14-16(21)3-2-4-17(14)22-20(27)24-9-7-23(8-10-24)12-15-5-6-18-19(11-15)26-13-25-18/h2-6,11H,7-10,12-13H2,1H3,(H,22,27)/p+1. The van der Waals surface area contributed by atoms with E-state index < -0.39 is 0 Å². The van der Waals surface area contributed by atoms with Crippen molar-refractivity contribution in [1.29, 1.82) is 0 Å². The molecule has 0 aliphatic carbocycles. The molecule has 2 aliphatic rings. The molecule has 2 heterocycles. The Morgan fingerprint density at radius 2 is 1.96 bits per heavy atom. The number of ether oxygens (including phenoxy) is 2. The van der Waals surface area contributed by atoms with E-state index in [2.05, 4.69) is 22.3 Å². The van der Waals surface area contributed by atoms with E-state index >= 15 is 0 Å². The molecule has 5 nitrogen and oxygen atoms in total. The molecule has 0 spiro atoms. The smallest absolute Gasteiger partial charge is 0.231 e. The number of nitrogens with zero attached hydrogens (tertiary/aromatic N) is 1. The maximum Gasteiger partial charge on any atom is 0.231 e. The van der Waals surface area contributed by atoms with Crippen molar-refractivity contribution in [3.05, 3.63) is 52.5 Å². The Morgan fingerprint density at radius 3 is 2.78 bits per heavy atom. The summed E-state index contributed by atoms with van der Waals surface area (Å²) >= 11 is 11.8. The molecule has 2 aromatic rings. The van der Waals surface area contributed by atoms with Gasteiger partial charge in [-0.1, -0.05) is 17.7 Å². The molecule has 0 amide bonds. The number of piperazine rings is 1. The quantitative estimate of drug-likeness (QED) is 0.769. The third-order valence-corrected chi connectivity index (χ3v) is 5.93. The maximum atomic E-state index is 6.20. The van der Waals surface area contributed by atoms with Crippen molar-refractivity contribution in [2.75, 3.05) is 38.3 Å². The third-order valence-electron chi connectivity index (χ3n) is 5.16. The van der Waals surface area contributed by atoms with Crippen LogP contribution in [0.3, 0.4) is 0 Å². The van der Waals surface area contributed by atoms with Crippen LogP contribution in [0.15, 0.2) is 36.4 Å². The van der Waals surface area contributed by atoms with Crippen molar-refractivity contribution >= 4 is 34.6 Å². The molecule has 27 heavy (non-hydrogen) atoms. The van der Waals surface area contributed by atoms with Gasteiger partial charge in [0.1, 0.15) is 6.54 Å². The molecule has 1 fully saturated rings. The van der Waals surface area contributed by atoms with Gasteiger partial charge in [0.05, 0.1) is 26.2 Å². The SMILES string of the molecule is Cc1c(Cl)cccc1NC(=S)N1CC[NH+](Cc2ccc3c(c2)OCO3)CC1. The molecule has 0 saturated carbocycles. The molecule has 142 valence electrons.